The average Bonchev–Trinajstić information content (AvgIpc) is 2.96. The Morgan fingerprint density at radius 2 is 1.86 bits per heavy atom. The van der Waals surface area contributed by atoms with E-state index in [4.69, 9.17) is 4.74 Å². The van der Waals surface area contributed by atoms with Gasteiger partial charge in [0.2, 0.25) is 5.88 Å². The molecule has 0 unspecified atom stereocenters. The standard InChI is InChI=1S/C16H11N3O2/c20-13-3-1-11-2-4-14(10-12(11)9-13)21-16-15-5-6-18-19(15)8-7-17-16/h1-10,20H. The van der Waals surface area contributed by atoms with Crippen molar-refractivity contribution in [3.8, 4) is 17.4 Å². The predicted molar refractivity (Wildman–Crippen MR) is 78.7 cm³/mol. The van der Waals surface area contributed by atoms with Gasteiger partial charge in [-0.25, -0.2) is 9.50 Å². The molecule has 2 aromatic carbocycles. The Labute approximate surface area is 120 Å². The lowest BCUT2D eigenvalue weighted by Gasteiger charge is -2.07. The summed E-state index contributed by atoms with van der Waals surface area (Å²) < 4.78 is 7.55. The van der Waals surface area contributed by atoms with Gasteiger partial charge in [-0.1, -0.05) is 12.1 Å². The largest absolute Gasteiger partial charge is 0.508 e. The minimum absolute atomic E-state index is 0.232. The fourth-order valence-corrected chi connectivity index (χ4v) is 2.30. The monoisotopic (exact) mass is 277 g/mol. The maximum atomic E-state index is 9.56. The van der Waals surface area contributed by atoms with Crippen LogP contribution < -0.4 is 4.74 Å². The van der Waals surface area contributed by atoms with Crippen LogP contribution in [0, 0.1) is 0 Å². The normalized spacial score (nSPS) is 11.0. The van der Waals surface area contributed by atoms with Crippen LogP contribution in [0.3, 0.4) is 0 Å². The second kappa shape index (κ2) is 4.49. The first kappa shape index (κ1) is 11.7. The van der Waals surface area contributed by atoms with Gasteiger partial charge in [-0.05, 0) is 41.1 Å². The molecule has 0 aliphatic carbocycles. The molecule has 5 nitrogen and oxygen atoms in total. The second-order valence-corrected chi connectivity index (χ2v) is 4.69. The highest BCUT2D eigenvalue weighted by atomic mass is 16.5. The van der Waals surface area contributed by atoms with Crippen molar-refractivity contribution >= 4 is 16.3 Å². The number of phenols is 1. The van der Waals surface area contributed by atoms with Gasteiger partial charge in [0.1, 0.15) is 17.0 Å². The molecule has 0 bridgehead atoms. The number of hydrogen-bond acceptors (Lipinski definition) is 4. The SMILES string of the molecule is Oc1ccc2ccc(Oc3nccn4nccc34)cc2c1. The lowest BCUT2D eigenvalue weighted by molar-refractivity contribution is 0.466. The summed E-state index contributed by atoms with van der Waals surface area (Å²) in [5.41, 5.74) is 0.800. The van der Waals surface area contributed by atoms with E-state index < -0.39 is 0 Å². The van der Waals surface area contributed by atoms with Gasteiger partial charge < -0.3 is 9.84 Å². The zero-order valence-electron chi connectivity index (χ0n) is 11.0. The van der Waals surface area contributed by atoms with E-state index in [1.807, 2.05) is 30.3 Å². The van der Waals surface area contributed by atoms with Crippen LogP contribution in [0.15, 0.2) is 61.1 Å². The van der Waals surface area contributed by atoms with E-state index >= 15 is 0 Å². The van der Waals surface area contributed by atoms with Gasteiger partial charge in [-0.15, -0.1) is 0 Å². The Kier molecular flexibility index (Phi) is 2.50. The number of nitrogens with zero attached hydrogens (tertiary/aromatic N) is 3. The van der Waals surface area contributed by atoms with Gasteiger partial charge in [0.15, 0.2) is 0 Å². The molecular formula is C16H11N3O2. The van der Waals surface area contributed by atoms with Crippen molar-refractivity contribution in [3.05, 3.63) is 61.1 Å². The van der Waals surface area contributed by atoms with Crippen molar-refractivity contribution in [1.82, 2.24) is 14.6 Å². The van der Waals surface area contributed by atoms with Gasteiger partial charge in [0.05, 0.1) is 6.20 Å². The third-order valence-electron chi connectivity index (χ3n) is 3.30. The molecule has 0 atom stereocenters. The summed E-state index contributed by atoms with van der Waals surface area (Å²) in [6, 6.07) is 12.8. The first-order valence-electron chi connectivity index (χ1n) is 6.49. The smallest absolute Gasteiger partial charge is 0.245 e. The first-order valence-corrected chi connectivity index (χ1v) is 6.49. The molecule has 21 heavy (non-hydrogen) atoms. The molecule has 0 amide bonds. The van der Waals surface area contributed by atoms with Crippen molar-refractivity contribution in [2.24, 2.45) is 0 Å². The van der Waals surface area contributed by atoms with E-state index in [2.05, 4.69) is 10.1 Å². The van der Waals surface area contributed by atoms with E-state index in [9.17, 15) is 5.11 Å². The molecule has 0 saturated heterocycles. The average molecular weight is 277 g/mol. The molecular weight excluding hydrogens is 266 g/mol. The molecule has 0 saturated carbocycles. The van der Waals surface area contributed by atoms with Crippen molar-refractivity contribution < 1.29 is 9.84 Å². The molecule has 102 valence electrons. The lowest BCUT2D eigenvalue weighted by Crippen LogP contribution is -1.93. The number of benzene rings is 2. The van der Waals surface area contributed by atoms with Crippen LogP contribution in [0.2, 0.25) is 0 Å². The van der Waals surface area contributed by atoms with Crippen LogP contribution in [0.4, 0.5) is 0 Å². The van der Waals surface area contributed by atoms with E-state index in [-0.39, 0.29) is 5.75 Å². The minimum Gasteiger partial charge on any atom is -0.508 e. The molecule has 2 aromatic heterocycles. The third-order valence-corrected chi connectivity index (χ3v) is 3.30. The van der Waals surface area contributed by atoms with Crippen molar-refractivity contribution in [1.29, 1.82) is 0 Å². The fourth-order valence-electron chi connectivity index (χ4n) is 2.30. The molecule has 0 radical (unpaired) electrons. The molecule has 0 spiro atoms. The van der Waals surface area contributed by atoms with Crippen molar-refractivity contribution in [2.45, 2.75) is 0 Å². The summed E-state index contributed by atoms with van der Waals surface area (Å²) in [5.74, 6) is 1.39. The summed E-state index contributed by atoms with van der Waals surface area (Å²) in [5, 5.41) is 15.7. The van der Waals surface area contributed by atoms with Crippen molar-refractivity contribution in [2.75, 3.05) is 0 Å². The summed E-state index contributed by atoms with van der Waals surface area (Å²) in [7, 11) is 0. The van der Waals surface area contributed by atoms with Gasteiger partial charge >= 0.3 is 0 Å². The first-order chi connectivity index (χ1) is 10.3. The molecule has 2 heterocycles. The predicted octanol–water partition coefficient (Wildman–Crippen LogP) is 3.38. The number of fused-ring (bicyclic) bond motifs is 2. The van der Waals surface area contributed by atoms with Gasteiger partial charge in [0.25, 0.3) is 0 Å². The second-order valence-electron chi connectivity index (χ2n) is 4.69. The topological polar surface area (TPSA) is 59.7 Å². The van der Waals surface area contributed by atoms with Crippen LogP contribution >= 0.6 is 0 Å². The van der Waals surface area contributed by atoms with Gasteiger partial charge in [-0.2, -0.15) is 5.10 Å². The maximum absolute atomic E-state index is 9.56. The molecule has 5 heteroatoms. The number of hydrogen-bond donors (Lipinski definition) is 1. The van der Waals surface area contributed by atoms with Crippen LogP contribution in [0.1, 0.15) is 0 Å². The quantitative estimate of drug-likeness (QED) is 0.610. The van der Waals surface area contributed by atoms with Gasteiger partial charge in [0, 0.05) is 12.4 Å². The molecule has 0 fully saturated rings. The maximum Gasteiger partial charge on any atom is 0.245 e. The Morgan fingerprint density at radius 1 is 0.952 bits per heavy atom. The molecule has 0 aliphatic heterocycles. The number of rotatable bonds is 2. The number of aromatic hydroxyl groups is 1. The van der Waals surface area contributed by atoms with E-state index in [0.29, 0.717) is 11.6 Å². The highest BCUT2D eigenvalue weighted by Crippen LogP contribution is 2.28. The Bertz CT molecular complexity index is 946. The van der Waals surface area contributed by atoms with Gasteiger partial charge in [-0.3, -0.25) is 0 Å². The highest BCUT2D eigenvalue weighted by molar-refractivity contribution is 5.85. The van der Waals surface area contributed by atoms with E-state index in [1.54, 1.807) is 35.2 Å². The summed E-state index contributed by atoms with van der Waals surface area (Å²) in [4.78, 5) is 4.24. The summed E-state index contributed by atoms with van der Waals surface area (Å²) in [6.45, 7) is 0. The fraction of sp³-hybridized carbons (Fsp3) is 0. The van der Waals surface area contributed by atoms with Crippen LogP contribution in [0.25, 0.3) is 16.3 Å². The molecule has 0 aliphatic rings. The van der Waals surface area contributed by atoms with Crippen LogP contribution in [0.5, 0.6) is 17.4 Å². The zero-order chi connectivity index (χ0) is 14.2. The van der Waals surface area contributed by atoms with E-state index in [1.165, 1.54) is 0 Å². The van der Waals surface area contributed by atoms with Crippen LogP contribution in [-0.2, 0) is 0 Å². The number of phenolic OH excluding ortho intramolecular Hbond substituents is 1. The van der Waals surface area contributed by atoms with E-state index in [0.717, 1.165) is 16.3 Å². The Balaban J connectivity index is 1.78. The minimum atomic E-state index is 0.232. The molecule has 4 rings (SSSR count). The lowest BCUT2D eigenvalue weighted by atomic mass is 10.1. The van der Waals surface area contributed by atoms with Crippen molar-refractivity contribution in [3.63, 3.8) is 0 Å². The van der Waals surface area contributed by atoms with Crippen LogP contribution in [-0.4, -0.2) is 19.7 Å². The Morgan fingerprint density at radius 3 is 2.81 bits per heavy atom. The molecule has 1 N–H and O–H groups in total. The Hall–Kier alpha value is -3.08. The number of aromatic nitrogens is 3. The third kappa shape index (κ3) is 2.04. The number of ether oxygens (including phenoxy) is 1. The summed E-state index contributed by atoms with van der Waals surface area (Å²) >= 11 is 0. The summed E-state index contributed by atoms with van der Waals surface area (Å²) in [6.07, 6.45) is 5.10. The highest BCUT2D eigenvalue weighted by Gasteiger charge is 2.06. The molecule has 4 aromatic rings. The zero-order valence-corrected chi connectivity index (χ0v) is 11.0.